The number of anilines is 2. The molecule has 34 heavy (non-hydrogen) atoms. The highest BCUT2D eigenvalue weighted by molar-refractivity contribution is 7.19. The molecule has 0 atom stereocenters. The number of amides is 2. The number of esters is 1. The lowest BCUT2D eigenvalue weighted by Gasteiger charge is -2.11. The lowest BCUT2D eigenvalue weighted by atomic mass is 10.1. The number of rotatable bonds is 5. The fraction of sp³-hybridized carbons (Fsp3) is 0.136. The van der Waals surface area contributed by atoms with Crippen molar-refractivity contribution in [2.24, 2.45) is 0 Å². The summed E-state index contributed by atoms with van der Waals surface area (Å²) in [5.74, 6) is -3.13. The van der Waals surface area contributed by atoms with E-state index in [1.807, 2.05) is 0 Å². The molecule has 6 nitrogen and oxygen atoms in total. The molecule has 1 heterocycles. The van der Waals surface area contributed by atoms with Gasteiger partial charge in [0.2, 0.25) is 0 Å². The third-order valence-corrected chi connectivity index (χ3v) is 6.13. The minimum atomic E-state index is -4.66. The number of halogens is 5. The molecule has 12 heteroatoms. The van der Waals surface area contributed by atoms with Crippen LogP contribution in [0.15, 0.2) is 42.5 Å². The van der Waals surface area contributed by atoms with Gasteiger partial charge in [0.25, 0.3) is 11.8 Å². The topological polar surface area (TPSA) is 84.5 Å². The molecular weight excluding hydrogens is 500 g/mol. The highest BCUT2D eigenvalue weighted by Gasteiger charge is 2.32. The van der Waals surface area contributed by atoms with E-state index >= 15 is 0 Å². The van der Waals surface area contributed by atoms with E-state index in [1.54, 1.807) is 0 Å². The van der Waals surface area contributed by atoms with Crippen LogP contribution in [0.4, 0.5) is 28.3 Å². The van der Waals surface area contributed by atoms with E-state index < -0.39 is 35.3 Å². The summed E-state index contributed by atoms with van der Waals surface area (Å²) in [5, 5.41) is 4.55. The van der Waals surface area contributed by atoms with Crippen molar-refractivity contribution in [2.45, 2.75) is 13.1 Å². The Morgan fingerprint density at radius 1 is 1.03 bits per heavy atom. The zero-order chi connectivity index (χ0) is 25.2. The smallest absolute Gasteiger partial charge is 0.416 e. The summed E-state index contributed by atoms with van der Waals surface area (Å²) in [7, 11) is 1.10. The second-order valence-corrected chi connectivity index (χ2v) is 8.29. The van der Waals surface area contributed by atoms with Gasteiger partial charge in [-0.1, -0.05) is 17.7 Å². The minimum absolute atomic E-state index is 0.0383. The van der Waals surface area contributed by atoms with E-state index in [0.717, 1.165) is 31.4 Å². The predicted octanol–water partition coefficient (Wildman–Crippen LogP) is 6.16. The number of alkyl halides is 3. The number of ether oxygens (including phenoxy) is 1. The molecule has 178 valence electrons. The van der Waals surface area contributed by atoms with Crippen molar-refractivity contribution in [3.05, 3.63) is 80.4 Å². The Labute approximate surface area is 199 Å². The molecule has 0 aliphatic rings. The molecule has 0 spiro atoms. The highest BCUT2D eigenvalue weighted by Crippen LogP contribution is 2.37. The fourth-order valence-electron chi connectivity index (χ4n) is 2.95. The zero-order valence-electron chi connectivity index (χ0n) is 17.5. The van der Waals surface area contributed by atoms with Crippen molar-refractivity contribution in [3.63, 3.8) is 0 Å². The molecule has 3 rings (SSSR count). The molecule has 0 aliphatic carbocycles. The van der Waals surface area contributed by atoms with Crippen LogP contribution in [-0.2, 0) is 10.9 Å². The van der Waals surface area contributed by atoms with Crippen molar-refractivity contribution in [3.8, 4) is 0 Å². The summed E-state index contributed by atoms with van der Waals surface area (Å²) in [6.07, 6.45) is -4.66. The number of thiophene rings is 1. The first-order valence-electron chi connectivity index (χ1n) is 9.39. The maximum atomic E-state index is 13.5. The summed E-state index contributed by atoms with van der Waals surface area (Å²) in [6, 6.07) is 7.24. The Morgan fingerprint density at radius 3 is 2.35 bits per heavy atom. The molecule has 2 N–H and O–H groups in total. The van der Waals surface area contributed by atoms with Crippen LogP contribution in [0.3, 0.4) is 0 Å². The average molecular weight is 515 g/mol. The molecule has 0 bridgehead atoms. The van der Waals surface area contributed by atoms with Crippen LogP contribution < -0.4 is 10.6 Å². The van der Waals surface area contributed by atoms with E-state index in [2.05, 4.69) is 10.6 Å². The van der Waals surface area contributed by atoms with E-state index in [1.165, 1.54) is 19.1 Å². The second kappa shape index (κ2) is 9.82. The van der Waals surface area contributed by atoms with Gasteiger partial charge >= 0.3 is 12.1 Å². The van der Waals surface area contributed by atoms with Gasteiger partial charge in [-0.25, -0.2) is 9.18 Å². The molecule has 3 aromatic rings. The summed E-state index contributed by atoms with van der Waals surface area (Å²) >= 11 is 6.63. The fourth-order valence-corrected chi connectivity index (χ4v) is 4.20. The summed E-state index contributed by atoms with van der Waals surface area (Å²) in [5.41, 5.74) is -1.36. The number of nitrogens with one attached hydrogen (secondary N) is 2. The van der Waals surface area contributed by atoms with Gasteiger partial charge in [0.1, 0.15) is 10.8 Å². The van der Waals surface area contributed by atoms with Gasteiger partial charge in [0.05, 0.1) is 33.8 Å². The maximum absolute atomic E-state index is 13.5. The minimum Gasteiger partial charge on any atom is -0.465 e. The van der Waals surface area contributed by atoms with Gasteiger partial charge in [-0.15, -0.1) is 11.3 Å². The number of benzene rings is 2. The van der Waals surface area contributed by atoms with Crippen molar-refractivity contribution in [1.82, 2.24) is 0 Å². The van der Waals surface area contributed by atoms with Crippen molar-refractivity contribution in [2.75, 3.05) is 17.7 Å². The first kappa shape index (κ1) is 25.2. The van der Waals surface area contributed by atoms with Gasteiger partial charge in [-0.05, 0) is 48.9 Å². The summed E-state index contributed by atoms with van der Waals surface area (Å²) in [6.45, 7) is 1.41. The average Bonchev–Trinajstić information content (AvgIpc) is 3.09. The quantitative estimate of drug-likeness (QED) is 0.315. The SMILES string of the molecule is COC(=O)c1c(NC(=O)c2cccc(F)c2)sc(C(=O)Nc2cc(C(F)(F)F)ccc2Cl)c1C. The van der Waals surface area contributed by atoms with Crippen LogP contribution in [0.25, 0.3) is 0 Å². The molecule has 1 aromatic heterocycles. The van der Waals surface area contributed by atoms with E-state index in [0.29, 0.717) is 17.4 Å². The van der Waals surface area contributed by atoms with Crippen molar-refractivity contribution in [1.29, 1.82) is 0 Å². The lowest BCUT2D eigenvalue weighted by Crippen LogP contribution is -2.15. The number of hydrogen-bond acceptors (Lipinski definition) is 5. The van der Waals surface area contributed by atoms with Crippen molar-refractivity contribution < 1.29 is 36.7 Å². The first-order chi connectivity index (χ1) is 15.9. The normalized spacial score (nSPS) is 11.1. The van der Waals surface area contributed by atoms with Crippen molar-refractivity contribution >= 4 is 51.4 Å². The van der Waals surface area contributed by atoms with Crippen LogP contribution in [-0.4, -0.2) is 24.9 Å². The number of carbonyl (C=O) groups excluding carboxylic acids is 3. The number of carbonyl (C=O) groups is 3. The van der Waals surface area contributed by atoms with Gasteiger partial charge in [0, 0.05) is 5.56 Å². The van der Waals surface area contributed by atoms with Crippen LogP contribution in [0.2, 0.25) is 5.02 Å². The number of hydrogen-bond donors (Lipinski definition) is 2. The third-order valence-electron chi connectivity index (χ3n) is 4.60. The van der Waals surface area contributed by atoms with Gasteiger partial charge in [0.15, 0.2) is 0 Å². The van der Waals surface area contributed by atoms with Gasteiger partial charge < -0.3 is 15.4 Å². The van der Waals surface area contributed by atoms with Crippen LogP contribution >= 0.6 is 22.9 Å². The Kier molecular flexibility index (Phi) is 7.27. The number of methoxy groups -OCH3 is 1. The molecule has 0 unspecified atom stereocenters. The summed E-state index contributed by atoms with van der Waals surface area (Å²) in [4.78, 5) is 37.7. The molecule has 2 amide bonds. The lowest BCUT2D eigenvalue weighted by molar-refractivity contribution is -0.137. The van der Waals surface area contributed by atoms with Crippen LogP contribution in [0, 0.1) is 12.7 Å². The molecule has 0 aliphatic heterocycles. The van der Waals surface area contributed by atoms with Gasteiger partial charge in [-0.2, -0.15) is 13.2 Å². The van der Waals surface area contributed by atoms with Gasteiger partial charge in [-0.3, -0.25) is 9.59 Å². The van der Waals surface area contributed by atoms with Crippen LogP contribution in [0.1, 0.15) is 41.5 Å². The zero-order valence-corrected chi connectivity index (χ0v) is 19.0. The van der Waals surface area contributed by atoms with E-state index in [4.69, 9.17) is 16.3 Å². The Morgan fingerprint density at radius 2 is 1.74 bits per heavy atom. The summed E-state index contributed by atoms with van der Waals surface area (Å²) < 4.78 is 57.3. The predicted molar refractivity (Wildman–Crippen MR) is 119 cm³/mol. The standard InChI is InChI=1S/C22H15ClF4N2O4S/c1-10-16(21(32)33-2)20(29-18(30)11-4-3-5-13(24)8-11)34-17(10)19(31)28-15-9-12(22(25,26)27)6-7-14(15)23/h3-9H,1-2H3,(H,28,31)(H,29,30). The third kappa shape index (κ3) is 5.37. The molecule has 0 fully saturated rings. The van der Waals surface area contributed by atoms with E-state index in [9.17, 15) is 31.9 Å². The monoisotopic (exact) mass is 514 g/mol. The molecule has 0 saturated heterocycles. The molecule has 0 saturated carbocycles. The second-order valence-electron chi connectivity index (χ2n) is 6.86. The Balaban J connectivity index is 1.96. The highest BCUT2D eigenvalue weighted by atomic mass is 35.5. The molecule has 2 aromatic carbocycles. The first-order valence-corrected chi connectivity index (χ1v) is 10.6. The maximum Gasteiger partial charge on any atom is 0.416 e. The Hall–Kier alpha value is -3.44. The van der Waals surface area contributed by atoms with Crippen LogP contribution in [0.5, 0.6) is 0 Å². The molecular formula is C22H15ClF4N2O4S. The Bertz CT molecular complexity index is 1290. The van der Waals surface area contributed by atoms with E-state index in [-0.39, 0.29) is 37.3 Å². The molecule has 0 radical (unpaired) electrons. The largest absolute Gasteiger partial charge is 0.465 e.